The van der Waals surface area contributed by atoms with E-state index in [4.69, 9.17) is 4.74 Å². The van der Waals surface area contributed by atoms with E-state index in [1.165, 1.54) is 23.9 Å². The van der Waals surface area contributed by atoms with Crippen LogP contribution in [0.15, 0.2) is 29.3 Å². The summed E-state index contributed by atoms with van der Waals surface area (Å²) in [6, 6.07) is 2.93. The minimum atomic E-state index is -3.92. The van der Waals surface area contributed by atoms with Crippen molar-refractivity contribution in [2.75, 3.05) is 25.0 Å². The number of carbonyl (C=O) groups is 1. The van der Waals surface area contributed by atoms with Gasteiger partial charge in [0.1, 0.15) is 11.5 Å². The van der Waals surface area contributed by atoms with Gasteiger partial charge in [0.2, 0.25) is 10.0 Å². The first-order valence-electron chi connectivity index (χ1n) is 8.54. The van der Waals surface area contributed by atoms with Crippen molar-refractivity contribution < 1.29 is 26.7 Å². The quantitative estimate of drug-likeness (QED) is 0.644. The van der Waals surface area contributed by atoms with Crippen molar-refractivity contribution in [1.29, 1.82) is 0 Å². The average Bonchev–Trinajstić information content (AvgIpc) is 3.18. The van der Waals surface area contributed by atoms with Crippen LogP contribution in [0.3, 0.4) is 0 Å². The zero-order valence-electron chi connectivity index (χ0n) is 15.3. The summed E-state index contributed by atoms with van der Waals surface area (Å²) in [5, 5.41) is 5.54. The number of nitrogens with one attached hydrogen (secondary N) is 3. The molecule has 29 heavy (non-hydrogen) atoms. The molecule has 158 valence electrons. The number of carbonyl (C=O) groups excluding carboxylic acids is 1. The number of rotatable bonds is 2. The van der Waals surface area contributed by atoms with E-state index < -0.39 is 33.1 Å². The minimum Gasteiger partial charge on any atom is -0.488 e. The van der Waals surface area contributed by atoms with E-state index in [-0.39, 0.29) is 41.0 Å². The monoisotopic (exact) mass is 448 g/mol. The van der Waals surface area contributed by atoms with Crippen LogP contribution in [0.1, 0.15) is 16.9 Å². The summed E-state index contributed by atoms with van der Waals surface area (Å²) in [4.78, 5) is 12.6. The average molecular weight is 449 g/mol. The molecular formula is C17H19ClF2N4O4S. The molecule has 1 aromatic carbocycles. The summed E-state index contributed by atoms with van der Waals surface area (Å²) < 4.78 is 61.9. The lowest BCUT2D eigenvalue weighted by atomic mass is 10.0. The number of sulfonamides is 1. The molecule has 0 aliphatic carbocycles. The number of benzene rings is 1. The highest BCUT2D eigenvalue weighted by Crippen LogP contribution is 2.35. The van der Waals surface area contributed by atoms with Crippen molar-refractivity contribution in [3.63, 3.8) is 0 Å². The Morgan fingerprint density at radius 1 is 1.31 bits per heavy atom. The van der Waals surface area contributed by atoms with Crippen LogP contribution in [-0.2, 0) is 17.1 Å². The molecule has 2 aliphatic heterocycles. The Morgan fingerprint density at radius 2 is 2.07 bits per heavy atom. The van der Waals surface area contributed by atoms with Crippen LogP contribution < -0.4 is 20.1 Å². The highest BCUT2D eigenvalue weighted by atomic mass is 35.5. The van der Waals surface area contributed by atoms with E-state index in [2.05, 4.69) is 15.4 Å². The lowest BCUT2D eigenvalue weighted by molar-refractivity contribution is 0.101. The first kappa shape index (κ1) is 21.5. The Morgan fingerprint density at radius 3 is 2.72 bits per heavy atom. The molecule has 1 spiro atoms. The number of anilines is 1. The van der Waals surface area contributed by atoms with E-state index in [1.54, 1.807) is 0 Å². The van der Waals surface area contributed by atoms with Crippen molar-refractivity contribution in [1.82, 2.24) is 14.6 Å². The zero-order chi connectivity index (χ0) is 20.1. The van der Waals surface area contributed by atoms with Gasteiger partial charge in [0, 0.05) is 31.5 Å². The third-order valence-corrected chi connectivity index (χ3v) is 6.44. The van der Waals surface area contributed by atoms with E-state index >= 15 is 0 Å². The maximum atomic E-state index is 13.4. The van der Waals surface area contributed by atoms with Gasteiger partial charge in [0.05, 0.1) is 5.54 Å². The molecule has 1 atom stereocenters. The van der Waals surface area contributed by atoms with Crippen molar-refractivity contribution in [2.45, 2.75) is 16.9 Å². The molecule has 1 aromatic heterocycles. The van der Waals surface area contributed by atoms with Gasteiger partial charge in [-0.25, -0.2) is 21.9 Å². The maximum Gasteiger partial charge on any atom is 0.276 e. The standard InChI is InChI=1S/C17H18F2N4O4S.ClH/c1-23-7-13-15(27-9-17(4-5-20-8-17)22-28(13,25)26)14(23)16(24)21-10-2-3-11(18)12(19)6-10;/h2-3,6-7,20,22H,4-5,8-9H2,1H3,(H,21,24);1H. The number of fused-ring (bicyclic) bond motifs is 1. The summed E-state index contributed by atoms with van der Waals surface area (Å²) >= 11 is 0. The Labute approximate surface area is 172 Å². The van der Waals surface area contributed by atoms with Gasteiger partial charge in [-0.3, -0.25) is 4.79 Å². The van der Waals surface area contributed by atoms with Crippen LogP contribution in [0.5, 0.6) is 5.75 Å². The molecule has 12 heteroatoms. The number of amides is 1. The maximum absolute atomic E-state index is 13.4. The molecule has 2 aliphatic rings. The van der Waals surface area contributed by atoms with Crippen LogP contribution in [-0.4, -0.2) is 44.1 Å². The summed E-state index contributed by atoms with van der Waals surface area (Å²) in [7, 11) is -2.42. The van der Waals surface area contributed by atoms with Crippen molar-refractivity contribution in [2.24, 2.45) is 7.05 Å². The third kappa shape index (κ3) is 3.82. The predicted octanol–water partition coefficient (Wildman–Crippen LogP) is 1.38. The fourth-order valence-electron chi connectivity index (χ4n) is 3.47. The van der Waals surface area contributed by atoms with Gasteiger partial charge < -0.3 is 19.9 Å². The Hall–Kier alpha value is -2.21. The molecule has 1 amide bonds. The summed E-state index contributed by atoms with van der Waals surface area (Å²) in [6.07, 6.45) is 1.85. The normalized spacial score (nSPS) is 22.3. The van der Waals surface area contributed by atoms with Crippen molar-refractivity contribution in [3.8, 4) is 5.75 Å². The van der Waals surface area contributed by atoms with Crippen LogP contribution >= 0.6 is 12.4 Å². The number of nitrogens with zero attached hydrogens (tertiary/aromatic N) is 1. The molecule has 3 N–H and O–H groups in total. The first-order chi connectivity index (χ1) is 13.2. The summed E-state index contributed by atoms with van der Waals surface area (Å²) in [5.41, 5.74) is -0.782. The first-order valence-corrected chi connectivity index (χ1v) is 10.0. The van der Waals surface area contributed by atoms with Crippen molar-refractivity contribution >= 4 is 34.0 Å². The summed E-state index contributed by atoms with van der Waals surface area (Å²) in [5.74, 6) is -2.92. The molecule has 4 rings (SSSR count). The number of aromatic nitrogens is 1. The highest BCUT2D eigenvalue weighted by Gasteiger charge is 2.44. The summed E-state index contributed by atoms with van der Waals surface area (Å²) in [6.45, 7) is 1.12. The van der Waals surface area contributed by atoms with Crippen LogP contribution in [0.25, 0.3) is 0 Å². The largest absolute Gasteiger partial charge is 0.488 e. The second-order valence-corrected chi connectivity index (χ2v) is 8.62. The molecule has 1 fully saturated rings. The van der Waals surface area contributed by atoms with Crippen molar-refractivity contribution in [3.05, 3.63) is 41.7 Å². The van der Waals surface area contributed by atoms with E-state index in [1.807, 2.05) is 0 Å². The molecule has 1 saturated heterocycles. The molecule has 0 radical (unpaired) electrons. The molecule has 2 aromatic rings. The number of halogens is 3. The zero-order valence-corrected chi connectivity index (χ0v) is 16.9. The number of hydrogen-bond acceptors (Lipinski definition) is 5. The fourth-order valence-corrected chi connectivity index (χ4v) is 5.08. The second-order valence-electron chi connectivity index (χ2n) is 6.97. The topological polar surface area (TPSA) is 101 Å². The molecule has 0 saturated carbocycles. The molecule has 0 bridgehead atoms. The molecule has 1 unspecified atom stereocenters. The molecular weight excluding hydrogens is 430 g/mol. The number of hydrogen-bond donors (Lipinski definition) is 3. The van der Waals surface area contributed by atoms with Gasteiger partial charge in [0.25, 0.3) is 5.91 Å². The third-order valence-electron chi connectivity index (χ3n) is 4.87. The van der Waals surface area contributed by atoms with E-state index in [0.717, 1.165) is 12.1 Å². The van der Waals surface area contributed by atoms with E-state index in [9.17, 15) is 22.0 Å². The van der Waals surface area contributed by atoms with Gasteiger partial charge in [0.15, 0.2) is 23.1 Å². The lowest BCUT2D eigenvalue weighted by Crippen LogP contribution is -2.52. The van der Waals surface area contributed by atoms with Gasteiger partial charge in [-0.1, -0.05) is 0 Å². The van der Waals surface area contributed by atoms with Crippen LogP contribution in [0.2, 0.25) is 0 Å². The number of ether oxygens (including phenoxy) is 1. The van der Waals surface area contributed by atoms with Crippen LogP contribution in [0, 0.1) is 11.6 Å². The smallest absolute Gasteiger partial charge is 0.276 e. The van der Waals surface area contributed by atoms with Gasteiger partial charge in [-0.05, 0) is 25.1 Å². The van der Waals surface area contributed by atoms with Gasteiger partial charge in [-0.2, -0.15) is 0 Å². The fraction of sp³-hybridized carbons (Fsp3) is 0.353. The van der Waals surface area contributed by atoms with E-state index in [0.29, 0.717) is 19.5 Å². The predicted molar refractivity (Wildman–Crippen MR) is 103 cm³/mol. The SMILES string of the molecule is Cl.Cn1cc2c(c1C(=O)Nc1ccc(F)c(F)c1)OCC1(CCNC1)NS2(=O)=O. The molecule has 3 heterocycles. The Kier molecular flexibility index (Phi) is 5.60. The highest BCUT2D eigenvalue weighted by molar-refractivity contribution is 7.89. The second kappa shape index (κ2) is 7.56. The molecule has 8 nitrogen and oxygen atoms in total. The van der Waals surface area contributed by atoms with Crippen LogP contribution in [0.4, 0.5) is 14.5 Å². The van der Waals surface area contributed by atoms with Gasteiger partial charge in [-0.15, -0.1) is 12.4 Å². The Balaban J connectivity index is 0.00000240. The van der Waals surface area contributed by atoms with Gasteiger partial charge >= 0.3 is 0 Å². The minimum absolute atomic E-state index is 0. The Bertz CT molecular complexity index is 1070. The lowest BCUT2D eigenvalue weighted by Gasteiger charge is -2.26. The number of aryl methyl sites for hydroxylation is 1.